The molecule has 10 nitrogen and oxygen atoms in total. The molecule has 7 rings (SSSR count). The molecule has 4 aliphatic heterocycles. The Bertz CT molecular complexity index is 1430. The lowest BCUT2D eigenvalue weighted by atomic mass is 9.90. The van der Waals surface area contributed by atoms with E-state index < -0.39 is 29.6 Å². The number of hydrogen-bond donors (Lipinski definition) is 1. The van der Waals surface area contributed by atoms with Crippen LogP contribution in [0.15, 0.2) is 42.5 Å². The van der Waals surface area contributed by atoms with Gasteiger partial charge in [-0.25, -0.2) is 18.2 Å². The molecule has 0 radical (unpaired) electrons. The van der Waals surface area contributed by atoms with Crippen LogP contribution in [0.25, 0.3) is 0 Å². The first-order valence-electron chi connectivity index (χ1n) is 16.6. The summed E-state index contributed by atoms with van der Waals surface area (Å²) in [5, 5.41) is 3.02. The van der Waals surface area contributed by atoms with E-state index in [4.69, 9.17) is 9.47 Å². The van der Waals surface area contributed by atoms with Gasteiger partial charge in [-0.1, -0.05) is 18.2 Å². The van der Waals surface area contributed by atoms with E-state index in [9.17, 15) is 27.6 Å². The first-order chi connectivity index (χ1) is 22.7. The standard InChI is InChI=1S/C34H42F3N5O5/c35-27-5-2-1-4-26(27)32(44)41-16-17-46-18-19-47-30-7-3-6-28(39-30)31(43)38-24-20-29(33(45)40-14-10-23(21-41)11-15-40)42(22-24)25-8-12-34(36,37)13-9-25/h1-7,23-25,29H,8-22H2,(H,38,43)/t24-,29-/m0/s1. The van der Waals surface area contributed by atoms with Gasteiger partial charge in [-0.05, 0) is 56.2 Å². The molecule has 2 aromatic rings. The molecule has 1 aliphatic carbocycles. The Morgan fingerprint density at radius 3 is 2.45 bits per heavy atom. The number of hydrogen-bond acceptors (Lipinski definition) is 7. The lowest BCUT2D eigenvalue weighted by Gasteiger charge is -2.40. The molecule has 6 bridgehead atoms. The van der Waals surface area contributed by atoms with Crippen LogP contribution in [0, 0.1) is 11.7 Å². The van der Waals surface area contributed by atoms with Gasteiger partial charge >= 0.3 is 0 Å². The average molecular weight is 658 g/mol. The summed E-state index contributed by atoms with van der Waals surface area (Å²) >= 11 is 0. The highest BCUT2D eigenvalue weighted by molar-refractivity contribution is 5.94. The molecule has 0 spiro atoms. The molecule has 5 aliphatic rings. The molecule has 1 aromatic carbocycles. The lowest BCUT2D eigenvalue weighted by molar-refractivity contribution is -0.139. The molecule has 3 amide bonds. The highest BCUT2D eigenvalue weighted by Gasteiger charge is 2.46. The molecule has 3 fully saturated rings. The molecule has 47 heavy (non-hydrogen) atoms. The maximum absolute atomic E-state index is 14.6. The first kappa shape index (κ1) is 33.2. The molecule has 0 unspecified atom stereocenters. The summed E-state index contributed by atoms with van der Waals surface area (Å²) in [6, 6.07) is 9.72. The van der Waals surface area contributed by atoms with Crippen molar-refractivity contribution in [2.45, 2.75) is 69.0 Å². The fourth-order valence-electron chi connectivity index (χ4n) is 7.27. The van der Waals surface area contributed by atoms with Gasteiger partial charge in [-0.2, -0.15) is 0 Å². The van der Waals surface area contributed by atoms with E-state index in [0.717, 1.165) is 0 Å². The summed E-state index contributed by atoms with van der Waals surface area (Å²) in [7, 11) is 0. The smallest absolute Gasteiger partial charge is 0.270 e. The predicted octanol–water partition coefficient (Wildman–Crippen LogP) is 3.76. The van der Waals surface area contributed by atoms with Crippen LogP contribution in [0.4, 0.5) is 13.2 Å². The van der Waals surface area contributed by atoms with Crippen molar-refractivity contribution in [3.63, 3.8) is 0 Å². The summed E-state index contributed by atoms with van der Waals surface area (Å²) < 4.78 is 54.2. The number of halogens is 3. The fraction of sp³-hybridized carbons (Fsp3) is 0.588. The van der Waals surface area contributed by atoms with Crippen molar-refractivity contribution in [2.75, 3.05) is 52.5 Å². The van der Waals surface area contributed by atoms with Crippen molar-refractivity contribution in [2.24, 2.45) is 5.92 Å². The van der Waals surface area contributed by atoms with Crippen molar-refractivity contribution in [3.05, 3.63) is 59.5 Å². The molecule has 1 saturated carbocycles. The van der Waals surface area contributed by atoms with E-state index in [1.807, 2.05) is 9.80 Å². The van der Waals surface area contributed by atoms with Crippen molar-refractivity contribution in [1.29, 1.82) is 0 Å². The minimum atomic E-state index is -2.70. The van der Waals surface area contributed by atoms with E-state index in [2.05, 4.69) is 10.3 Å². The first-order valence-corrected chi connectivity index (χ1v) is 16.6. The minimum Gasteiger partial charge on any atom is -0.475 e. The van der Waals surface area contributed by atoms with Crippen molar-refractivity contribution in [3.8, 4) is 5.88 Å². The van der Waals surface area contributed by atoms with Crippen molar-refractivity contribution < 1.29 is 37.0 Å². The minimum absolute atomic E-state index is 0.000522. The number of ether oxygens (including phenoxy) is 2. The average Bonchev–Trinajstić information content (AvgIpc) is 3.48. The summed E-state index contributed by atoms with van der Waals surface area (Å²) in [6.45, 7) is 2.59. The van der Waals surface area contributed by atoms with E-state index in [-0.39, 0.29) is 93.1 Å². The van der Waals surface area contributed by atoms with Crippen molar-refractivity contribution in [1.82, 2.24) is 25.0 Å². The SMILES string of the molecule is O=C1N[C@H]2C[C@@H](C(=O)N3CCC(CC3)CN(C(=O)c3ccccc3F)CCOCCOc3cccc1n3)N(C1CCC(F)(F)CC1)C2. The summed E-state index contributed by atoms with van der Waals surface area (Å²) in [5.41, 5.74) is 0.164. The van der Waals surface area contributed by atoms with Crippen LogP contribution in [0.3, 0.4) is 0 Å². The number of aromatic nitrogens is 1. The number of fused-ring (bicyclic) bond motifs is 10. The molecule has 254 valence electrons. The lowest BCUT2D eigenvalue weighted by Crippen LogP contribution is -2.52. The zero-order chi connectivity index (χ0) is 33.0. The van der Waals surface area contributed by atoms with E-state index in [1.54, 1.807) is 35.2 Å². The molecule has 2 saturated heterocycles. The Hall–Kier alpha value is -3.71. The number of rotatable bonds is 2. The van der Waals surface area contributed by atoms with Crippen LogP contribution in [0.5, 0.6) is 5.88 Å². The third-order valence-corrected chi connectivity index (χ3v) is 9.85. The van der Waals surface area contributed by atoms with Gasteiger partial charge in [-0.15, -0.1) is 0 Å². The second kappa shape index (κ2) is 14.6. The highest BCUT2D eigenvalue weighted by atomic mass is 19.3. The van der Waals surface area contributed by atoms with Crippen LogP contribution >= 0.6 is 0 Å². The van der Waals surface area contributed by atoms with Crippen molar-refractivity contribution >= 4 is 17.7 Å². The Morgan fingerprint density at radius 1 is 0.915 bits per heavy atom. The number of benzene rings is 1. The molecule has 1 aromatic heterocycles. The van der Waals surface area contributed by atoms with Gasteiger partial charge in [-0.3, -0.25) is 19.3 Å². The van der Waals surface area contributed by atoms with Gasteiger partial charge in [0.25, 0.3) is 11.8 Å². The Morgan fingerprint density at radius 2 is 1.68 bits per heavy atom. The van der Waals surface area contributed by atoms with Gasteiger partial charge in [0.05, 0.1) is 24.8 Å². The van der Waals surface area contributed by atoms with Crippen LogP contribution in [-0.4, -0.2) is 114 Å². The molecular weight excluding hydrogens is 615 g/mol. The zero-order valence-electron chi connectivity index (χ0n) is 26.4. The number of pyridine rings is 1. The number of carbonyl (C=O) groups is 3. The molecule has 5 heterocycles. The maximum Gasteiger partial charge on any atom is 0.270 e. The monoisotopic (exact) mass is 657 g/mol. The normalized spacial score (nSPS) is 25.6. The third kappa shape index (κ3) is 8.06. The van der Waals surface area contributed by atoms with Crippen LogP contribution in [0.2, 0.25) is 0 Å². The Balaban J connectivity index is 1.21. The topological polar surface area (TPSA) is 104 Å². The van der Waals surface area contributed by atoms with Crippen LogP contribution < -0.4 is 10.1 Å². The largest absolute Gasteiger partial charge is 0.475 e. The number of alkyl halides is 2. The Labute approximate surface area is 272 Å². The second-order valence-electron chi connectivity index (χ2n) is 13.0. The number of nitrogens with one attached hydrogen (secondary N) is 1. The third-order valence-electron chi connectivity index (χ3n) is 9.85. The summed E-state index contributed by atoms with van der Waals surface area (Å²) in [6.07, 6.45) is 1.82. The highest BCUT2D eigenvalue weighted by Crippen LogP contribution is 2.38. The van der Waals surface area contributed by atoms with Crippen LogP contribution in [0.1, 0.15) is 65.8 Å². The summed E-state index contributed by atoms with van der Waals surface area (Å²) in [5.74, 6) is -3.81. The van der Waals surface area contributed by atoms with Gasteiger partial charge in [0.2, 0.25) is 17.7 Å². The van der Waals surface area contributed by atoms with Gasteiger partial charge in [0, 0.05) is 63.7 Å². The number of amides is 3. The fourth-order valence-corrected chi connectivity index (χ4v) is 7.27. The van der Waals surface area contributed by atoms with E-state index >= 15 is 0 Å². The van der Waals surface area contributed by atoms with Crippen LogP contribution in [-0.2, 0) is 9.53 Å². The van der Waals surface area contributed by atoms with Gasteiger partial charge in [0.15, 0.2) is 0 Å². The molecule has 1 N–H and O–H groups in total. The number of nitrogens with zero attached hydrogens (tertiary/aromatic N) is 4. The molecule has 13 heteroatoms. The maximum atomic E-state index is 14.6. The van der Waals surface area contributed by atoms with E-state index in [0.29, 0.717) is 45.4 Å². The van der Waals surface area contributed by atoms with Gasteiger partial charge in [0.1, 0.15) is 18.1 Å². The Kier molecular flexibility index (Phi) is 10.3. The number of carbonyl (C=O) groups excluding carboxylic acids is 3. The number of likely N-dealkylation sites (tertiary alicyclic amines) is 1. The zero-order valence-corrected chi connectivity index (χ0v) is 26.4. The molecule has 2 atom stereocenters. The predicted molar refractivity (Wildman–Crippen MR) is 166 cm³/mol. The van der Waals surface area contributed by atoms with E-state index in [1.165, 1.54) is 12.1 Å². The second-order valence-corrected chi connectivity index (χ2v) is 13.0. The number of piperidine rings is 1. The quantitative estimate of drug-likeness (QED) is 0.491. The summed E-state index contributed by atoms with van der Waals surface area (Å²) in [4.78, 5) is 50.6. The van der Waals surface area contributed by atoms with Gasteiger partial charge < -0.3 is 24.6 Å². The molecular formula is C34H42F3N5O5.